The number of phenols is 2. The average molecular weight is 855 g/mol. The molecule has 0 unspecified atom stereocenters. The van der Waals surface area contributed by atoms with E-state index in [-0.39, 0.29) is 34.0 Å². The van der Waals surface area contributed by atoms with Crippen LogP contribution in [0.25, 0.3) is 22.3 Å². The number of hydrogen-bond donors (Lipinski definition) is 8. The van der Waals surface area contributed by atoms with Crippen LogP contribution in [-0.4, -0.2) is 44.4 Å². The normalized spacial score (nSPS) is 10.3. The van der Waals surface area contributed by atoms with Crippen molar-refractivity contribution in [2.75, 3.05) is 21.3 Å². The van der Waals surface area contributed by atoms with Gasteiger partial charge in [0.25, 0.3) is 0 Å². The number of carboxylic acids is 2. The third-order valence-corrected chi connectivity index (χ3v) is 9.08. The summed E-state index contributed by atoms with van der Waals surface area (Å²) in [7, 11) is 0. The summed E-state index contributed by atoms with van der Waals surface area (Å²) >= 11 is 6.70. The van der Waals surface area contributed by atoms with E-state index in [9.17, 15) is 29.4 Å². The molecule has 12 nitrogen and oxygen atoms in total. The molecule has 0 atom stereocenters. The van der Waals surface area contributed by atoms with Crippen LogP contribution in [0, 0.1) is 0 Å². The van der Waals surface area contributed by atoms with Gasteiger partial charge in [0.05, 0.1) is 33.9 Å². The molecule has 4 amide bonds. The zero-order chi connectivity index (χ0) is 38.8. The van der Waals surface area contributed by atoms with Crippen molar-refractivity contribution < 1.29 is 39.6 Å². The minimum atomic E-state index is -1.02. The van der Waals surface area contributed by atoms with Crippen molar-refractivity contribution in [1.82, 2.24) is 0 Å². The molecule has 6 rings (SSSR count). The van der Waals surface area contributed by atoms with Crippen LogP contribution in [-0.2, 0) is 0 Å². The Balaban J connectivity index is 0.000000208. The van der Waals surface area contributed by atoms with Gasteiger partial charge in [0.2, 0.25) is 0 Å². The van der Waals surface area contributed by atoms with Crippen LogP contribution in [0.3, 0.4) is 0 Å². The van der Waals surface area contributed by atoms with Gasteiger partial charge < -0.3 is 41.7 Å². The van der Waals surface area contributed by atoms with E-state index in [0.717, 1.165) is 8.95 Å². The molecule has 0 aromatic heterocycles. The highest BCUT2D eigenvalue weighted by Crippen LogP contribution is 2.37. The van der Waals surface area contributed by atoms with E-state index in [1.807, 2.05) is 12.1 Å². The molecule has 0 saturated carbocycles. The number of anilines is 4. The number of rotatable bonds is 8. The Hall–Kier alpha value is -6.64. The van der Waals surface area contributed by atoms with E-state index in [0.29, 0.717) is 33.6 Å². The number of carbonyl (C=O) groups excluding carboxylic acids is 2. The number of para-hydroxylation sites is 4. The maximum Gasteiger partial charge on any atom is 0.335 e. The Bertz CT molecular complexity index is 2170. The van der Waals surface area contributed by atoms with Crippen LogP contribution in [0.5, 0.6) is 11.5 Å². The summed E-state index contributed by atoms with van der Waals surface area (Å²) in [5, 5.41) is 49.6. The van der Waals surface area contributed by atoms with Crippen LogP contribution < -0.4 is 21.3 Å². The maximum atomic E-state index is 12.2. The molecule has 8 N–H and O–H groups in total. The van der Waals surface area contributed by atoms with Gasteiger partial charge in [-0.25, -0.2) is 19.2 Å². The van der Waals surface area contributed by atoms with Crippen molar-refractivity contribution in [1.29, 1.82) is 0 Å². The molecule has 0 fully saturated rings. The first kappa shape index (κ1) is 38.6. The fraction of sp³-hybridized carbons (Fsp3) is 0. The number of phenolic OH excluding ortho intramolecular Hbond substituents is 2. The van der Waals surface area contributed by atoms with Gasteiger partial charge in [-0.2, -0.15) is 0 Å². The quantitative estimate of drug-likeness (QED) is 0.0692. The number of carbonyl (C=O) groups is 4. The predicted molar refractivity (Wildman–Crippen MR) is 215 cm³/mol. The number of aromatic carboxylic acids is 2. The first-order chi connectivity index (χ1) is 25.9. The molecule has 54 heavy (non-hydrogen) atoms. The van der Waals surface area contributed by atoms with Gasteiger partial charge >= 0.3 is 24.0 Å². The second kappa shape index (κ2) is 17.7. The minimum Gasteiger partial charge on any atom is -0.505 e. The molecule has 6 aromatic rings. The lowest BCUT2D eigenvalue weighted by atomic mass is 10.0. The van der Waals surface area contributed by atoms with E-state index in [1.165, 1.54) is 24.3 Å². The molecule has 0 spiro atoms. The van der Waals surface area contributed by atoms with Crippen LogP contribution in [0.4, 0.5) is 32.3 Å². The smallest absolute Gasteiger partial charge is 0.335 e. The van der Waals surface area contributed by atoms with Crippen molar-refractivity contribution in [3.63, 3.8) is 0 Å². The molecular weight excluding hydrogens is 824 g/mol. The number of benzene rings is 6. The summed E-state index contributed by atoms with van der Waals surface area (Å²) in [5.41, 5.74) is 4.18. The summed E-state index contributed by atoms with van der Waals surface area (Å²) in [6.45, 7) is 0. The Labute approximate surface area is 325 Å². The van der Waals surface area contributed by atoms with Crippen LogP contribution in [0.1, 0.15) is 20.7 Å². The maximum absolute atomic E-state index is 12.2. The Morgan fingerprint density at radius 1 is 0.407 bits per heavy atom. The molecule has 0 aliphatic rings. The van der Waals surface area contributed by atoms with Gasteiger partial charge in [-0.1, -0.05) is 72.8 Å². The van der Waals surface area contributed by atoms with Gasteiger partial charge in [-0.3, -0.25) is 0 Å². The molecule has 0 bridgehead atoms. The number of halogens is 2. The molecule has 272 valence electrons. The van der Waals surface area contributed by atoms with E-state index in [2.05, 4.69) is 53.1 Å². The lowest BCUT2D eigenvalue weighted by Gasteiger charge is -2.13. The molecule has 0 aliphatic heterocycles. The third kappa shape index (κ3) is 9.82. The van der Waals surface area contributed by atoms with Crippen molar-refractivity contribution in [3.05, 3.63) is 154 Å². The second-order valence-electron chi connectivity index (χ2n) is 11.3. The molecular formula is C40H30Br2N4O8. The third-order valence-electron chi connectivity index (χ3n) is 7.70. The van der Waals surface area contributed by atoms with Crippen molar-refractivity contribution >= 4 is 78.6 Å². The monoisotopic (exact) mass is 852 g/mol. The number of amides is 4. The first-order valence-corrected chi connectivity index (χ1v) is 17.5. The highest BCUT2D eigenvalue weighted by atomic mass is 79.9. The summed E-state index contributed by atoms with van der Waals surface area (Å²) in [5.74, 6) is -2.26. The number of nitrogens with one attached hydrogen (secondary N) is 4. The van der Waals surface area contributed by atoms with Crippen LogP contribution in [0.15, 0.2) is 142 Å². The van der Waals surface area contributed by atoms with Gasteiger partial charge in [0.1, 0.15) is 11.5 Å². The van der Waals surface area contributed by atoms with Gasteiger partial charge in [-0.05, 0) is 104 Å². The molecule has 14 heteroatoms. The lowest BCUT2D eigenvalue weighted by Crippen LogP contribution is -2.19. The van der Waals surface area contributed by atoms with Crippen molar-refractivity contribution in [2.45, 2.75) is 0 Å². The fourth-order valence-electron chi connectivity index (χ4n) is 5.02. The fourth-order valence-corrected chi connectivity index (χ4v) is 5.78. The largest absolute Gasteiger partial charge is 0.505 e. The molecule has 0 heterocycles. The SMILES string of the molecule is O=C(Nc1ccccc1Br)Nc1cccc(-c2ccc(C(=O)O)cc2)c1O.O=C(Nc1ccccc1Br)Nc1cccc(-c2ccc(C(=O)O)cc2)c1O. The highest BCUT2D eigenvalue weighted by Gasteiger charge is 2.15. The topological polar surface area (TPSA) is 197 Å². The highest BCUT2D eigenvalue weighted by molar-refractivity contribution is 9.11. The van der Waals surface area contributed by atoms with E-state index in [4.69, 9.17) is 10.2 Å². The molecule has 0 saturated heterocycles. The number of hydrogen-bond acceptors (Lipinski definition) is 6. The zero-order valence-corrected chi connectivity index (χ0v) is 31.1. The van der Waals surface area contributed by atoms with Gasteiger partial charge in [-0.15, -0.1) is 0 Å². The minimum absolute atomic E-state index is 0.108. The van der Waals surface area contributed by atoms with Crippen LogP contribution >= 0.6 is 31.9 Å². The Morgan fingerprint density at radius 2 is 0.722 bits per heavy atom. The first-order valence-electron chi connectivity index (χ1n) is 15.9. The predicted octanol–water partition coefficient (Wildman–Crippen LogP) is 10.3. The standard InChI is InChI=1S/2C20H15BrN2O4/c2*21-15-5-1-2-6-16(15)22-20(27)23-17-7-3-4-14(18(17)24)12-8-10-13(11-9-12)19(25)26/h2*1-11,24H,(H,25,26)(H2,22,23,27). The summed E-state index contributed by atoms with van der Waals surface area (Å²) in [4.78, 5) is 46.4. The molecule has 0 aliphatic carbocycles. The van der Waals surface area contributed by atoms with E-state index in [1.54, 1.807) is 97.1 Å². The summed E-state index contributed by atoms with van der Waals surface area (Å²) in [6.07, 6.45) is 0. The Morgan fingerprint density at radius 3 is 1.06 bits per heavy atom. The van der Waals surface area contributed by atoms with E-state index >= 15 is 0 Å². The summed E-state index contributed by atoms with van der Waals surface area (Å²) in [6, 6.07) is 35.4. The lowest BCUT2D eigenvalue weighted by molar-refractivity contribution is 0.0686. The summed E-state index contributed by atoms with van der Waals surface area (Å²) < 4.78 is 1.47. The number of aromatic hydroxyl groups is 2. The number of urea groups is 2. The van der Waals surface area contributed by atoms with Crippen LogP contribution in [0.2, 0.25) is 0 Å². The van der Waals surface area contributed by atoms with E-state index < -0.39 is 24.0 Å². The zero-order valence-electron chi connectivity index (χ0n) is 27.9. The number of carboxylic acid groups (broad SMARTS) is 2. The van der Waals surface area contributed by atoms with Gasteiger partial charge in [0.15, 0.2) is 0 Å². The average Bonchev–Trinajstić information content (AvgIpc) is 3.15. The molecule has 6 aromatic carbocycles. The van der Waals surface area contributed by atoms with Crippen molar-refractivity contribution in [2.24, 2.45) is 0 Å². The van der Waals surface area contributed by atoms with Gasteiger partial charge in [0, 0.05) is 20.1 Å². The second-order valence-corrected chi connectivity index (χ2v) is 13.0. The Kier molecular flexibility index (Phi) is 12.7. The molecule has 0 radical (unpaired) electrons. The van der Waals surface area contributed by atoms with Crippen molar-refractivity contribution in [3.8, 4) is 33.8 Å².